The quantitative estimate of drug-likeness (QED) is 0.0262. The van der Waals surface area contributed by atoms with Crippen molar-refractivity contribution in [2.75, 3.05) is 13.2 Å². The molecule has 0 heterocycles. The monoisotopic (exact) mass is 865 g/mol. The lowest BCUT2D eigenvalue weighted by molar-refractivity contribution is -0.167. The highest BCUT2D eigenvalue weighted by molar-refractivity contribution is 5.71. The van der Waals surface area contributed by atoms with Gasteiger partial charge in [0, 0.05) is 19.3 Å². The summed E-state index contributed by atoms with van der Waals surface area (Å²) in [5.41, 5.74) is 0. The van der Waals surface area contributed by atoms with Crippen molar-refractivity contribution in [3.05, 3.63) is 72.9 Å². The van der Waals surface area contributed by atoms with Crippen molar-refractivity contribution in [3.8, 4) is 0 Å². The first kappa shape index (κ1) is 58.9. The number of esters is 3. The maximum Gasteiger partial charge on any atom is 0.306 e. The summed E-state index contributed by atoms with van der Waals surface area (Å²) in [7, 11) is 0. The number of allylic oxidation sites excluding steroid dienone is 12. The van der Waals surface area contributed by atoms with Crippen molar-refractivity contribution in [3.63, 3.8) is 0 Å². The largest absolute Gasteiger partial charge is 0.462 e. The Labute approximate surface area is 382 Å². The van der Waals surface area contributed by atoms with E-state index >= 15 is 0 Å². The van der Waals surface area contributed by atoms with E-state index in [1.165, 1.54) is 83.5 Å². The summed E-state index contributed by atoms with van der Waals surface area (Å²) >= 11 is 0. The van der Waals surface area contributed by atoms with E-state index in [9.17, 15) is 14.4 Å². The van der Waals surface area contributed by atoms with Gasteiger partial charge >= 0.3 is 17.9 Å². The van der Waals surface area contributed by atoms with E-state index in [1.807, 2.05) is 0 Å². The van der Waals surface area contributed by atoms with Crippen molar-refractivity contribution in [1.29, 1.82) is 0 Å². The lowest BCUT2D eigenvalue weighted by atomic mass is 10.1. The van der Waals surface area contributed by atoms with Crippen LogP contribution in [-0.4, -0.2) is 37.2 Å². The predicted octanol–water partition coefficient (Wildman–Crippen LogP) is 17.0. The highest BCUT2D eigenvalue weighted by Gasteiger charge is 2.19. The van der Waals surface area contributed by atoms with E-state index < -0.39 is 6.10 Å². The van der Waals surface area contributed by atoms with Gasteiger partial charge < -0.3 is 14.2 Å². The standard InChI is InChI=1S/C56H96O6/c1-4-7-10-13-16-19-22-25-28-31-34-37-40-43-46-49-55(58)61-52-53(51-60-54(57)48-45-42-39-36-33-30-27-24-21-18-15-12-9-6-3)62-56(59)50-47-44-41-38-35-32-29-26-23-20-17-14-11-8-5-2/h7,10,15-16,18-20,23-25,27-28,53H,4-6,8-9,11-14,17,21-22,26,29-52H2,1-3H3/b10-7+,18-15+,19-16+,23-20+,27-24+,28-25+/t53-/m1/s1. The van der Waals surface area contributed by atoms with Crippen LogP contribution in [0.5, 0.6) is 0 Å². The summed E-state index contributed by atoms with van der Waals surface area (Å²) in [6, 6.07) is 0. The molecule has 0 aliphatic rings. The summed E-state index contributed by atoms with van der Waals surface area (Å²) in [5.74, 6) is -0.923. The van der Waals surface area contributed by atoms with Gasteiger partial charge in [0.15, 0.2) is 6.10 Å². The molecule has 0 aliphatic heterocycles. The van der Waals surface area contributed by atoms with Crippen LogP contribution in [-0.2, 0) is 28.6 Å². The molecule has 0 spiro atoms. The Hall–Kier alpha value is -3.15. The smallest absolute Gasteiger partial charge is 0.306 e. The van der Waals surface area contributed by atoms with Gasteiger partial charge in [-0.05, 0) is 103 Å². The fourth-order valence-corrected chi connectivity index (χ4v) is 7.00. The number of carbonyl (C=O) groups is 3. The highest BCUT2D eigenvalue weighted by Crippen LogP contribution is 2.14. The lowest BCUT2D eigenvalue weighted by Crippen LogP contribution is -2.30. The van der Waals surface area contributed by atoms with E-state index in [0.717, 1.165) is 122 Å². The Bertz CT molecular complexity index is 1180. The molecule has 356 valence electrons. The van der Waals surface area contributed by atoms with Crippen LogP contribution < -0.4 is 0 Å². The van der Waals surface area contributed by atoms with E-state index in [-0.39, 0.29) is 31.1 Å². The first-order valence-corrected chi connectivity index (χ1v) is 25.9. The van der Waals surface area contributed by atoms with Crippen LogP contribution in [0.2, 0.25) is 0 Å². The molecule has 0 aliphatic carbocycles. The Morgan fingerprint density at radius 3 is 1.05 bits per heavy atom. The maximum atomic E-state index is 12.8. The molecule has 0 amide bonds. The van der Waals surface area contributed by atoms with E-state index in [2.05, 4.69) is 93.7 Å². The Morgan fingerprint density at radius 2 is 0.645 bits per heavy atom. The van der Waals surface area contributed by atoms with Crippen LogP contribution in [0.4, 0.5) is 0 Å². The van der Waals surface area contributed by atoms with Crippen LogP contribution in [0.25, 0.3) is 0 Å². The minimum absolute atomic E-state index is 0.0902. The van der Waals surface area contributed by atoms with Crippen molar-refractivity contribution in [2.24, 2.45) is 0 Å². The Morgan fingerprint density at radius 1 is 0.339 bits per heavy atom. The third-order valence-electron chi connectivity index (χ3n) is 10.9. The molecule has 0 N–H and O–H groups in total. The average molecular weight is 865 g/mol. The summed E-state index contributed by atoms with van der Waals surface area (Å²) in [4.78, 5) is 38.0. The third-order valence-corrected chi connectivity index (χ3v) is 10.9. The summed E-state index contributed by atoms with van der Waals surface area (Å²) in [5, 5.41) is 0. The van der Waals surface area contributed by atoms with Crippen LogP contribution in [0.1, 0.15) is 245 Å². The molecule has 0 unspecified atom stereocenters. The second kappa shape index (κ2) is 50.5. The lowest BCUT2D eigenvalue weighted by Gasteiger charge is -2.18. The van der Waals surface area contributed by atoms with Gasteiger partial charge in [-0.3, -0.25) is 14.4 Å². The van der Waals surface area contributed by atoms with Gasteiger partial charge in [0.2, 0.25) is 0 Å². The van der Waals surface area contributed by atoms with Crippen molar-refractivity contribution in [2.45, 2.75) is 252 Å². The predicted molar refractivity (Wildman–Crippen MR) is 265 cm³/mol. The molecule has 62 heavy (non-hydrogen) atoms. The number of hydrogen-bond donors (Lipinski definition) is 0. The van der Waals surface area contributed by atoms with Gasteiger partial charge in [0.1, 0.15) is 13.2 Å². The molecule has 0 bridgehead atoms. The molecular weight excluding hydrogens is 769 g/mol. The number of unbranched alkanes of at least 4 members (excludes halogenated alkanes) is 23. The summed E-state index contributed by atoms with van der Waals surface area (Å²) in [6.07, 6.45) is 63.0. The molecule has 0 saturated heterocycles. The number of ether oxygens (including phenoxy) is 3. The van der Waals surface area contributed by atoms with Crippen molar-refractivity contribution >= 4 is 17.9 Å². The highest BCUT2D eigenvalue weighted by atomic mass is 16.6. The van der Waals surface area contributed by atoms with Gasteiger partial charge in [0.05, 0.1) is 0 Å². The second-order valence-electron chi connectivity index (χ2n) is 17.0. The molecule has 0 aromatic carbocycles. The van der Waals surface area contributed by atoms with Gasteiger partial charge in [0.25, 0.3) is 0 Å². The Kier molecular flexibility index (Phi) is 47.9. The minimum Gasteiger partial charge on any atom is -0.462 e. The molecule has 1 atom stereocenters. The third kappa shape index (κ3) is 47.9. The maximum absolute atomic E-state index is 12.8. The van der Waals surface area contributed by atoms with E-state index in [4.69, 9.17) is 14.2 Å². The topological polar surface area (TPSA) is 78.9 Å². The first-order valence-electron chi connectivity index (χ1n) is 25.9. The van der Waals surface area contributed by atoms with Gasteiger partial charge in [-0.1, -0.05) is 196 Å². The molecule has 0 aromatic heterocycles. The van der Waals surface area contributed by atoms with E-state index in [0.29, 0.717) is 19.3 Å². The number of carbonyl (C=O) groups excluding carboxylic acids is 3. The molecule has 0 fully saturated rings. The van der Waals surface area contributed by atoms with Crippen molar-refractivity contribution in [1.82, 2.24) is 0 Å². The molecule has 6 heteroatoms. The fourth-order valence-electron chi connectivity index (χ4n) is 7.00. The molecule has 0 aromatic rings. The van der Waals surface area contributed by atoms with Crippen LogP contribution in [0.3, 0.4) is 0 Å². The normalized spacial score (nSPS) is 12.6. The molecule has 0 saturated carbocycles. The zero-order chi connectivity index (χ0) is 45.1. The van der Waals surface area contributed by atoms with Gasteiger partial charge in [-0.2, -0.15) is 0 Å². The summed E-state index contributed by atoms with van der Waals surface area (Å²) < 4.78 is 16.8. The van der Waals surface area contributed by atoms with Crippen LogP contribution >= 0.6 is 0 Å². The molecule has 0 radical (unpaired) electrons. The molecular formula is C56H96O6. The minimum atomic E-state index is -0.790. The second-order valence-corrected chi connectivity index (χ2v) is 17.0. The summed E-state index contributed by atoms with van der Waals surface area (Å²) in [6.45, 7) is 6.44. The average Bonchev–Trinajstić information content (AvgIpc) is 3.27. The fraction of sp³-hybridized carbons (Fsp3) is 0.732. The SMILES string of the molecule is CC/C=C/C/C=C/C/C=C/CCCCCCCC(=O)OC[C@@H](COC(=O)CCCCCCC/C=C/C/C=C/CCCC)OC(=O)CCCCCCCCC/C=C/CCCCCC. The Balaban J connectivity index is 4.44. The number of hydrogen-bond acceptors (Lipinski definition) is 6. The molecule has 0 rings (SSSR count). The number of rotatable bonds is 46. The van der Waals surface area contributed by atoms with Crippen LogP contribution in [0.15, 0.2) is 72.9 Å². The van der Waals surface area contributed by atoms with Gasteiger partial charge in [-0.15, -0.1) is 0 Å². The van der Waals surface area contributed by atoms with Crippen LogP contribution in [0, 0.1) is 0 Å². The zero-order valence-corrected chi connectivity index (χ0v) is 40.6. The first-order chi connectivity index (χ1) is 30.5. The van der Waals surface area contributed by atoms with Crippen molar-refractivity contribution < 1.29 is 28.6 Å². The van der Waals surface area contributed by atoms with E-state index in [1.54, 1.807) is 0 Å². The van der Waals surface area contributed by atoms with Gasteiger partial charge in [-0.25, -0.2) is 0 Å². The zero-order valence-electron chi connectivity index (χ0n) is 40.6. The molecule has 6 nitrogen and oxygen atoms in total.